The highest BCUT2D eigenvalue weighted by atomic mass is 16.6. The zero-order chi connectivity index (χ0) is 14.5. The monoisotopic (exact) mass is 278 g/mol. The Bertz CT molecular complexity index is 510. The Kier molecular flexibility index (Phi) is 4.52. The molecule has 1 aliphatic heterocycles. The highest BCUT2D eigenvalue weighted by molar-refractivity contribution is 5.96. The maximum Gasteiger partial charge on any atom is 0.293 e. The van der Waals surface area contributed by atoms with E-state index in [1.807, 2.05) is 0 Å². The first-order valence-electron chi connectivity index (χ1n) is 6.68. The molecule has 7 nitrogen and oxygen atoms in total. The van der Waals surface area contributed by atoms with E-state index in [4.69, 9.17) is 5.84 Å². The fourth-order valence-electron chi connectivity index (χ4n) is 2.40. The van der Waals surface area contributed by atoms with E-state index in [0.717, 1.165) is 38.8 Å². The minimum Gasteiger partial charge on any atom is -0.339 e. The van der Waals surface area contributed by atoms with Gasteiger partial charge in [-0.1, -0.05) is 12.8 Å². The van der Waals surface area contributed by atoms with Crippen molar-refractivity contribution < 1.29 is 9.72 Å². The van der Waals surface area contributed by atoms with Gasteiger partial charge in [0.1, 0.15) is 5.69 Å². The number of nitrogens with one attached hydrogen (secondary N) is 1. The van der Waals surface area contributed by atoms with Crippen molar-refractivity contribution in [3.05, 3.63) is 33.9 Å². The fourth-order valence-corrected chi connectivity index (χ4v) is 2.40. The van der Waals surface area contributed by atoms with Gasteiger partial charge in [-0.25, -0.2) is 0 Å². The summed E-state index contributed by atoms with van der Waals surface area (Å²) in [6.45, 7) is 1.47. The van der Waals surface area contributed by atoms with Crippen LogP contribution in [0.15, 0.2) is 18.2 Å². The molecule has 1 amide bonds. The number of nitrogen functional groups attached to an aromatic ring is 1. The second-order valence-electron chi connectivity index (χ2n) is 4.84. The summed E-state index contributed by atoms with van der Waals surface area (Å²) in [6.07, 6.45) is 4.28. The van der Waals surface area contributed by atoms with Crippen molar-refractivity contribution in [1.29, 1.82) is 0 Å². The van der Waals surface area contributed by atoms with Crippen LogP contribution in [-0.2, 0) is 0 Å². The lowest BCUT2D eigenvalue weighted by molar-refractivity contribution is -0.384. The van der Waals surface area contributed by atoms with Crippen molar-refractivity contribution in [2.75, 3.05) is 18.5 Å². The van der Waals surface area contributed by atoms with E-state index in [2.05, 4.69) is 5.43 Å². The van der Waals surface area contributed by atoms with Crippen molar-refractivity contribution >= 4 is 17.3 Å². The predicted molar refractivity (Wildman–Crippen MR) is 75.3 cm³/mol. The molecule has 1 heterocycles. The van der Waals surface area contributed by atoms with E-state index in [-0.39, 0.29) is 17.3 Å². The topological polar surface area (TPSA) is 102 Å². The van der Waals surface area contributed by atoms with Crippen LogP contribution in [0.5, 0.6) is 0 Å². The molecule has 2 rings (SSSR count). The Balaban J connectivity index is 2.23. The zero-order valence-electron chi connectivity index (χ0n) is 11.2. The molecule has 0 aromatic heterocycles. The van der Waals surface area contributed by atoms with Crippen LogP contribution in [0.3, 0.4) is 0 Å². The molecule has 1 aromatic rings. The quantitative estimate of drug-likeness (QED) is 0.499. The van der Waals surface area contributed by atoms with Crippen LogP contribution in [-0.4, -0.2) is 28.8 Å². The van der Waals surface area contributed by atoms with Gasteiger partial charge in [-0.2, -0.15) is 0 Å². The van der Waals surface area contributed by atoms with Gasteiger partial charge in [0.15, 0.2) is 0 Å². The number of hydrazine groups is 1. The third-order valence-electron chi connectivity index (χ3n) is 3.49. The van der Waals surface area contributed by atoms with Crippen molar-refractivity contribution in [1.82, 2.24) is 4.90 Å². The molecular formula is C13H18N4O3. The van der Waals surface area contributed by atoms with Crippen molar-refractivity contribution in [3.63, 3.8) is 0 Å². The van der Waals surface area contributed by atoms with Gasteiger partial charge in [-0.3, -0.25) is 20.8 Å². The Morgan fingerprint density at radius 1 is 1.25 bits per heavy atom. The third-order valence-corrected chi connectivity index (χ3v) is 3.49. The predicted octanol–water partition coefficient (Wildman–Crippen LogP) is 1.90. The van der Waals surface area contributed by atoms with E-state index in [0.29, 0.717) is 5.56 Å². The molecule has 7 heteroatoms. The number of rotatable bonds is 3. The summed E-state index contributed by atoms with van der Waals surface area (Å²) < 4.78 is 0. The molecule has 0 bridgehead atoms. The number of nitro groups is 1. The van der Waals surface area contributed by atoms with E-state index in [1.165, 1.54) is 18.2 Å². The van der Waals surface area contributed by atoms with Crippen LogP contribution in [0.2, 0.25) is 0 Å². The highest BCUT2D eigenvalue weighted by Crippen LogP contribution is 2.25. The van der Waals surface area contributed by atoms with Gasteiger partial charge in [0.2, 0.25) is 0 Å². The first-order chi connectivity index (χ1) is 9.63. The van der Waals surface area contributed by atoms with Gasteiger partial charge in [0, 0.05) is 24.7 Å². The van der Waals surface area contributed by atoms with Gasteiger partial charge in [0.25, 0.3) is 11.6 Å². The van der Waals surface area contributed by atoms with E-state index < -0.39 is 4.92 Å². The largest absolute Gasteiger partial charge is 0.339 e. The van der Waals surface area contributed by atoms with E-state index in [9.17, 15) is 14.9 Å². The summed E-state index contributed by atoms with van der Waals surface area (Å²) in [5.74, 6) is 5.18. The number of hydrogen-bond acceptors (Lipinski definition) is 5. The molecule has 0 saturated carbocycles. The summed E-state index contributed by atoms with van der Waals surface area (Å²) in [5, 5.41) is 10.8. The average Bonchev–Trinajstić information content (AvgIpc) is 2.74. The molecule has 0 radical (unpaired) electrons. The number of hydrogen-bond donors (Lipinski definition) is 2. The first-order valence-corrected chi connectivity index (χ1v) is 6.68. The molecule has 1 fully saturated rings. The molecule has 20 heavy (non-hydrogen) atoms. The highest BCUT2D eigenvalue weighted by Gasteiger charge is 2.20. The van der Waals surface area contributed by atoms with Crippen LogP contribution < -0.4 is 11.3 Å². The molecule has 108 valence electrons. The maximum absolute atomic E-state index is 12.4. The molecule has 0 atom stereocenters. The SMILES string of the molecule is NNc1cc(C(=O)N2CCCCCC2)ccc1[N+](=O)[O-]. The summed E-state index contributed by atoms with van der Waals surface area (Å²) in [7, 11) is 0. The number of anilines is 1. The number of nitrogens with zero attached hydrogens (tertiary/aromatic N) is 2. The van der Waals surface area contributed by atoms with Crippen molar-refractivity contribution in [2.45, 2.75) is 25.7 Å². The van der Waals surface area contributed by atoms with Gasteiger partial charge in [-0.05, 0) is 25.0 Å². The molecule has 1 aromatic carbocycles. The minimum absolute atomic E-state index is 0.0988. The summed E-state index contributed by atoms with van der Waals surface area (Å²) in [6, 6.07) is 4.22. The maximum atomic E-state index is 12.4. The molecule has 1 saturated heterocycles. The van der Waals surface area contributed by atoms with E-state index >= 15 is 0 Å². The smallest absolute Gasteiger partial charge is 0.293 e. The second-order valence-corrected chi connectivity index (χ2v) is 4.84. The Morgan fingerprint density at radius 3 is 2.45 bits per heavy atom. The van der Waals surface area contributed by atoms with Crippen LogP contribution in [0.25, 0.3) is 0 Å². The first kappa shape index (κ1) is 14.3. The summed E-state index contributed by atoms with van der Waals surface area (Å²) >= 11 is 0. The standard InChI is InChI=1S/C13H18N4O3/c14-15-11-9-10(5-6-12(11)17(19)20)13(18)16-7-3-1-2-4-8-16/h5-6,9,15H,1-4,7-8,14H2. The lowest BCUT2D eigenvalue weighted by Crippen LogP contribution is -2.31. The van der Waals surface area contributed by atoms with Gasteiger partial charge < -0.3 is 10.3 Å². The number of nitrogens with two attached hydrogens (primary N) is 1. The van der Waals surface area contributed by atoms with Gasteiger partial charge >= 0.3 is 0 Å². The fraction of sp³-hybridized carbons (Fsp3) is 0.462. The van der Waals surface area contributed by atoms with Gasteiger partial charge in [0.05, 0.1) is 4.92 Å². The van der Waals surface area contributed by atoms with Crippen LogP contribution in [0.1, 0.15) is 36.0 Å². The third kappa shape index (κ3) is 3.05. The Labute approximate surface area is 116 Å². The van der Waals surface area contributed by atoms with Crippen LogP contribution in [0, 0.1) is 10.1 Å². The number of amides is 1. The van der Waals surface area contributed by atoms with Crippen LogP contribution in [0.4, 0.5) is 11.4 Å². The molecular weight excluding hydrogens is 260 g/mol. The molecule has 1 aliphatic rings. The summed E-state index contributed by atoms with van der Waals surface area (Å²) in [4.78, 5) is 24.5. The number of carbonyl (C=O) groups is 1. The number of likely N-dealkylation sites (tertiary alicyclic amines) is 1. The lowest BCUT2D eigenvalue weighted by Gasteiger charge is -2.20. The van der Waals surface area contributed by atoms with Gasteiger partial charge in [-0.15, -0.1) is 0 Å². The molecule has 0 unspecified atom stereocenters. The molecule has 3 N–H and O–H groups in total. The molecule has 0 aliphatic carbocycles. The van der Waals surface area contributed by atoms with Crippen LogP contribution >= 0.6 is 0 Å². The summed E-state index contributed by atoms with van der Waals surface area (Å²) in [5.41, 5.74) is 2.71. The molecule has 0 spiro atoms. The van der Waals surface area contributed by atoms with Crippen molar-refractivity contribution in [3.8, 4) is 0 Å². The Hall–Kier alpha value is -2.15. The average molecular weight is 278 g/mol. The number of nitro benzene ring substituents is 1. The number of benzene rings is 1. The zero-order valence-corrected chi connectivity index (χ0v) is 11.2. The van der Waals surface area contributed by atoms with E-state index in [1.54, 1.807) is 4.90 Å². The number of carbonyl (C=O) groups excluding carboxylic acids is 1. The minimum atomic E-state index is -0.532. The second kappa shape index (κ2) is 6.33. The Morgan fingerprint density at radius 2 is 1.90 bits per heavy atom. The van der Waals surface area contributed by atoms with Crippen molar-refractivity contribution in [2.24, 2.45) is 5.84 Å². The normalized spacial score (nSPS) is 15.6. The lowest BCUT2D eigenvalue weighted by atomic mass is 10.1.